The fourth-order valence-corrected chi connectivity index (χ4v) is 1.73. The quantitative estimate of drug-likeness (QED) is 0.583. The van der Waals surface area contributed by atoms with Gasteiger partial charge < -0.3 is 10.6 Å². The lowest BCUT2D eigenvalue weighted by Gasteiger charge is -2.23. The number of hydrogen-bond acceptors (Lipinski definition) is 3. The van der Waals surface area contributed by atoms with Crippen LogP contribution in [0, 0.1) is 0 Å². The molecule has 3 nitrogen and oxygen atoms in total. The number of nitrogens with one attached hydrogen (secondary N) is 2. The van der Waals surface area contributed by atoms with Crippen molar-refractivity contribution in [2.45, 2.75) is 31.7 Å². The first-order chi connectivity index (χ1) is 6.33. The molecular weight excluding hydrogens is 184 g/mol. The van der Waals surface area contributed by atoms with E-state index in [1.807, 2.05) is 0 Å². The number of amides is 1. The monoisotopic (exact) mass is 202 g/mol. The van der Waals surface area contributed by atoms with Gasteiger partial charge in [0, 0.05) is 19.0 Å². The predicted octanol–water partition coefficient (Wildman–Crippen LogP) is 0.565. The lowest BCUT2D eigenvalue weighted by atomic mass is 10.1. The third kappa shape index (κ3) is 4.52. The molecule has 1 aliphatic heterocycles. The molecule has 1 fully saturated rings. The van der Waals surface area contributed by atoms with Crippen LogP contribution in [0.3, 0.4) is 0 Å². The van der Waals surface area contributed by atoms with Crippen LogP contribution in [0.5, 0.6) is 0 Å². The van der Waals surface area contributed by atoms with Gasteiger partial charge in [-0.1, -0.05) is 6.42 Å². The van der Waals surface area contributed by atoms with E-state index in [4.69, 9.17) is 0 Å². The van der Waals surface area contributed by atoms with Gasteiger partial charge in [-0.05, 0) is 25.1 Å². The van der Waals surface area contributed by atoms with Gasteiger partial charge in [0.25, 0.3) is 0 Å². The summed E-state index contributed by atoms with van der Waals surface area (Å²) in [5.74, 6) is 0.742. The van der Waals surface area contributed by atoms with Crippen LogP contribution in [0.4, 0.5) is 0 Å². The average molecular weight is 202 g/mol. The highest BCUT2D eigenvalue weighted by atomic mass is 32.1. The molecule has 1 atom stereocenters. The Balaban J connectivity index is 2.06. The number of carbonyl (C=O) groups excluding carboxylic acids is 1. The van der Waals surface area contributed by atoms with Crippen molar-refractivity contribution in [2.24, 2.45) is 0 Å². The SMILES string of the molecule is O=C(CCS)NCC1CCCCN1. The van der Waals surface area contributed by atoms with Gasteiger partial charge in [0.1, 0.15) is 0 Å². The maximum atomic E-state index is 11.1. The van der Waals surface area contributed by atoms with Gasteiger partial charge in [0.05, 0.1) is 0 Å². The van der Waals surface area contributed by atoms with Crippen LogP contribution in [0.15, 0.2) is 0 Å². The molecule has 76 valence electrons. The predicted molar refractivity (Wildman–Crippen MR) is 57.1 cm³/mol. The zero-order valence-electron chi connectivity index (χ0n) is 7.88. The molecule has 0 spiro atoms. The van der Waals surface area contributed by atoms with E-state index in [1.54, 1.807) is 0 Å². The summed E-state index contributed by atoms with van der Waals surface area (Å²) < 4.78 is 0. The molecule has 2 N–H and O–H groups in total. The minimum atomic E-state index is 0.113. The van der Waals surface area contributed by atoms with Crippen LogP contribution in [0.25, 0.3) is 0 Å². The van der Waals surface area contributed by atoms with Crippen molar-refractivity contribution in [3.05, 3.63) is 0 Å². The zero-order valence-corrected chi connectivity index (χ0v) is 8.78. The summed E-state index contributed by atoms with van der Waals surface area (Å²) in [7, 11) is 0. The summed E-state index contributed by atoms with van der Waals surface area (Å²) in [5.41, 5.74) is 0. The van der Waals surface area contributed by atoms with Crippen molar-refractivity contribution in [3.8, 4) is 0 Å². The summed E-state index contributed by atoms with van der Waals surface area (Å²) in [6, 6.07) is 0.484. The number of carbonyl (C=O) groups is 1. The molecule has 0 aromatic rings. The van der Waals surface area contributed by atoms with E-state index in [0.717, 1.165) is 13.1 Å². The van der Waals surface area contributed by atoms with Crippen molar-refractivity contribution in [2.75, 3.05) is 18.8 Å². The van der Waals surface area contributed by atoms with Crippen molar-refractivity contribution >= 4 is 18.5 Å². The van der Waals surface area contributed by atoms with E-state index >= 15 is 0 Å². The molecule has 0 aliphatic carbocycles. The van der Waals surface area contributed by atoms with E-state index in [2.05, 4.69) is 23.3 Å². The van der Waals surface area contributed by atoms with Gasteiger partial charge in [0.2, 0.25) is 5.91 Å². The maximum Gasteiger partial charge on any atom is 0.220 e. The molecule has 1 rings (SSSR count). The largest absolute Gasteiger partial charge is 0.355 e. The Morgan fingerprint density at radius 2 is 2.38 bits per heavy atom. The van der Waals surface area contributed by atoms with E-state index < -0.39 is 0 Å². The van der Waals surface area contributed by atoms with Gasteiger partial charge in [-0.2, -0.15) is 12.6 Å². The van der Waals surface area contributed by atoms with Crippen LogP contribution in [-0.4, -0.2) is 30.8 Å². The summed E-state index contributed by atoms with van der Waals surface area (Å²) in [5, 5.41) is 6.29. The number of piperidine rings is 1. The maximum absolute atomic E-state index is 11.1. The normalized spacial score (nSPS) is 22.7. The minimum absolute atomic E-state index is 0.113. The second kappa shape index (κ2) is 6.27. The molecule has 1 heterocycles. The topological polar surface area (TPSA) is 41.1 Å². The molecule has 0 radical (unpaired) electrons. The van der Waals surface area contributed by atoms with Crippen LogP contribution in [0.1, 0.15) is 25.7 Å². The highest BCUT2D eigenvalue weighted by Gasteiger charge is 2.12. The van der Waals surface area contributed by atoms with Crippen molar-refractivity contribution in [1.29, 1.82) is 0 Å². The highest BCUT2D eigenvalue weighted by molar-refractivity contribution is 7.80. The molecular formula is C9H18N2OS. The number of rotatable bonds is 4. The van der Waals surface area contributed by atoms with Crippen LogP contribution < -0.4 is 10.6 Å². The smallest absolute Gasteiger partial charge is 0.220 e. The Bertz CT molecular complexity index is 158. The molecule has 0 bridgehead atoms. The zero-order chi connectivity index (χ0) is 9.52. The Morgan fingerprint density at radius 3 is 3.00 bits per heavy atom. The van der Waals surface area contributed by atoms with E-state index in [0.29, 0.717) is 18.2 Å². The summed E-state index contributed by atoms with van der Waals surface area (Å²) in [6.07, 6.45) is 4.25. The van der Waals surface area contributed by atoms with Crippen LogP contribution >= 0.6 is 12.6 Å². The molecule has 1 saturated heterocycles. The lowest BCUT2D eigenvalue weighted by Crippen LogP contribution is -2.43. The first kappa shape index (κ1) is 10.9. The van der Waals surface area contributed by atoms with Gasteiger partial charge in [-0.25, -0.2) is 0 Å². The lowest BCUT2D eigenvalue weighted by molar-refractivity contribution is -0.120. The Hall–Kier alpha value is -0.220. The van der Waals surface area contributed by atoms with Crippen LogP contribution in [0.2, 0.25) is 0 Å². The molecule has 1 aliphatic rings. The van der Waals surface area contributed by atoms with Gasteiger partial charge in [-0.3, -0.25) is 4.79 Å². The molecule has 1 unspecified atom stereocenters. The van der Waals surface area contributed by atoms with E-state index in [1.165, 1.54) is 19.3 Å². The molecule has 1 amide bonds. The van der Waals surface area contributed by atoms with Crippen LogP contribution in [-0.2, 0) is 4.79 Å². The Morgan fingerprint density at radius 1 is 1.54 bits per heavy atom. The van der Waals surface area contributed by atoms with E-state index in [-0.39, 0.29) is 5.91 Å². The van der Waals surface area contributed by atoms with Gasteiger partial charge in [-0.15, -0.1) is 0 Å². The van der Waals surface area contributed by atoms with Crippen molar-refractivity contribution in [3.63, 3.8) is 0 Å². The average Bonchev–Trinajstić information content (AvgIpc) is 2.17. The summed E-state index contributed by atoms with van der Waals surface area (Å²) in [6.45, 7) is 1.86. The fraction of sp³-hybridized carbons (Fsp3) is 0.889. The third-order valence-electron chi connectivity index (χ3n) is 2.30. The molecule has 4 heteroatoms. The molecule has 13 heavy (non-hydrogen) atoms. The molecule has 0 saturated carbocycles. The highest BCUT2D eigenvalue weighted by Crippen LogP contribution is 2.05. The van der Waals surface area contributed by atoms with Gasteiger partial charge in [0.15, 0.2) is 0 Å². The molecule has 0 aromatic carbocycles. The second-order valence-electron chi connectivity index (χ2n) is 3.42. The van der Waals surface area contributed by atoms with E-state index in [9.17, 15) is 4.79 Å². The van der Waals surface area contributed by atoms with Crippen molar-refractivity contribution in [1.82, 2.24) is 10.6 Å². The number of thiol groups is 1. The van der Waals surface area contributed by atoms with Crippen molar-refractivity contribution < 1.29 is 4.79 Å². The Labute approximate surface area is 85.1 Å². The first-order valence-electron chi connectivity index (χ1n) is 4.94. The first-order valence-corrected chi connectivity index (χ1v) is 5.57. The third-order valence-corrected chi connectivity index (χ3v) is 2.52. The standard InChI is InChI=1S/C9H18N2OS/c12-9(4-6-13)11-7-8-3-1-2-5-10-8/h8,10,13H,1-7H2,(H,11,12). The Kier molecular flexibility index (Phi) is 5.23. The summed E-state index contributed by atoms with van der Waals surface area (Å²) >= 11 is 4.00. The summed E-state index contributed by atoms with van der Waals surface area (Å²) in [4.78, 5) is 11.1. The number of hydrogen-bond donors (Lipinski definition) is 3. The minimum Gasteiger partial charge on any atom is -0.355 e. The molecule has 0 aromatic heterocycles. The fourth-order valence-electron chi connectivity index (χ4n) is 1.53. The second-order valence-corrected chi connectivity index (χ2v) is 3.87. The van der Waals surface area contributed by atoms with Gasteiger partial charge >= 0.3 is 0 Å².